The molecule has 1 atom stereocenters. The molecule has 0 aliphatic carbocycles. The van der Waals surface area contributed by atoms with Crippen LogP contribution >= 0.6 is 23.2 Å². The average molecular weight is 526 g/mol. The number of rotatable bonds is 10. The SMILES string of the molecule is CCO/N=C/C(CNC(=O)c1nc(Nc2cc(F)nc(F)c2)cnc1OC)c1ncc(Cl)cc1Cl. The Bertz CT molecular complexity index is 1210. The van der Waals surface area contributed by atoms with E-state index >= 15 is 0 Å². The summed E-state index contributed by atoms with van der Waals surface area (Å²) in [6, 6.07) is 3.43. The quantitative estimate of drug-likeness (QED) is 0.230. The number of ether oxygens (including phenoxy) is 1. The third kappa shape index (κ3) is 7.17. The van der Waals surface area contributed by atoms with Gasteiger partial charge in [-0.05, 0) is 13.0 Å². The van der Waals surface area contributed by atoms with Crippen molar-refractivity contribution in [2.45, 2.75) is 12.8 Å². The zero-order chi connectivity index (χ0) is 25.4. The van der Waals surface area contributed by atoms with E-state index in [1.807, 2.05) is 0 Å². The van der Waals surface area contributed by atoms with Crippen molar-refractivity contribution in [3.05, 3.63) is 63.9 Å². The molecule has 0 aliphatic heterocycles. The monoisotopic (exact) mass is 525 g/mol. The van der Waals surface area contributed by atoms with Crippen molar-refractivity contribution in [2.75, 3.05) is 25.6 Å². The molecule has 1 unspecified atom stereocenters. The van der Waals surface area contributed by atoms with E-state index in [1.54, 1.807) is 6.92 Å². The molecule has 10 nitrogen and oxygen atoms in total. The maximum absolute atomic E-state index is 13.4. The first-order chi connectivity index (χ1) is 16.8. The number of nitrogens with one attached hydrogen (secondary N) is 2. The number of pyridine rings is 2. The highest BCUT2D eigenvalue weighted by Crippen LogP contribution is 2.25. The van der Waals surface area contributed by atoms with Crippen LogP contribution in [0.15, 0.2) is 35.7 Å². The molecule has 3 heterocycles. The summed E-state index contributed by atoms with van der Waals surface area (Å²) in [4.78, 5) is 33.4. The normalized spacial score (nSPS) is 11.8. The molecule has 0 radical (unpaired) electrons. The molecule has 2 N–H and O–H groups in total. The summed E-state index contributed by atoms with van der Waals surface area (Å²) in [5.74, 6) is -3.30. The van der Waals surface area contributed by atoms with Gasteiger partial charge in [0.05, 0.1) is 41.2 Å². The van der Waals surface area contributed by atoms with Gasteiger partial charge in [0.15, 0.2) is 5.69 Å². The third-order valence-corrected chi connectivity index (χ3v) is 4.81. The van der Waals surface area contributed by atoms with E-state index in [4.69, 9.17) is 32.8 Å². The number of hydrogen-bond acceptors (Lipinski definition) is 9. The second-order valence-corrected chi connectivity index (χ2v) is 7.59. The molecule has 14 heteroatoms. The fraction of sp³-hybridized carbons (Fsp3) is 0.238. The van der Waals surface area contributed by atoms with Gasteiger partial charge >= 0.3 is 0 Å². The van der Waals surface area contributed by atoms with Crippen LogP contribution < -0.4 is 15.4 Å². The van der Waals surface area contributed by atoms with Crippen LogP contribution in [0, 0.1) is 11.9 Å². The summed E-state index contributed by atoms with van der Waals surface area (Å²) in [5, 5.41) is 9.84. The van der Waals surface area contributed by atoms with Crippen molar-refractivity contribution in [1.29, 1.82) is 0 Å². The van der Waals surface area contributed by atoms with Crippen molar-refractivity contribution < 1.29 is 23.1 Å². The van der Waals surface area contributed by atoms with E-state index in [0.717, 1.165) is 12.1 Å². The molecule has 0 saturated carbocycles. The summed E-state index contributed by atoms with van der Waals surface area (Å²) < 4.78 is 31.9. The summed E-state index contributed by atoms with van der Waals surface area (Å²) in [5.41, 5.74) is 0.259. The van der Waals surface area contributed by atoms with Crippen LogP contribution in [0.3, 0.4) is 0 Å². The maximum atomic E-state index is 13.4. The number of oxime groups is 1. The van der Waals surface area contributed by atoms with E-state index in [9.17, 15) is 13.6 Å². The van der Waals surface area contributed by atoms with Gasteiger partial charge in [-0.1, -0.05) is 28.4 Å². The highest BCUT2D eigenvalue weighted by Gasteiger charge is 2.21. The van der Waals surface area contributed by atoms with Gasteiger partial charge in [-0.3, -0.25) is 9.78 Å². The van der Waals surface area contributed by atoms with Crippen LogP contribution in [-0.4, -0.2) is 52.3 Å². The van der Waals surface area contributed by atoms with E-state index in [1.165, 1.54) is 31.8 Å². The fourth-order valence-corrected chi connectivity index (χ4v) is 3.34. The Morgan fingerprint density at radius 3 is 2.57 bits per heavy atom. The number of methoxy groups -OCH3 is 1. The van der Waals surface area contributed by atoms with Gasteiger partial charge in [-0.15, -0.1) is 0 Å². The predicted molar refractivity (Wildman–Crippen MR) is 125 cm³/mol. The van der Waals surface area contributed by atoms with Crippen LogP contribution in [-0.2, 0) is 4.84 Å². The van der Waals surface area contributed by atoms with Gasteiger partial charge in [-0.2, -0.15) is 13.8 Å². The summed E-state index contributed by atoms with van der Waals surface area (Å²) >= 11 is 12.2. The van der Waals surface area contributed by atoms with E-state index in [0.29, 0.717) is 17.3 Å². The van der Waals surface area contributed by atoms with Crippen molar-refractivity contribution in [3.63, 3.8) is 0 Å². The van der Waals surface area contributed by atoms with Gasteiger partial charge < -0.3 is 20.2 Å². The minimum absolute atomic E-state index is 0.00697. The molecule has 0 bridgehead atoms. The van der Waals surface area contributed by atoms with Crippen LogP contribution in [0.4, 0.5) is 20.3 Å². The summed E-state index contributed by atoms with van der Waals surface area (Å²) in [7, 11) is 1.32. The number of aromatic nitrogens is 4. The number of anilines is 2. The maximum Gasteiger partial charge on any atom is 0.275 e. The summed E-state index contributed by atoms with van der Waals surface area (Å²) in [6.07, 6.45) is 4.10. The first kappa shape index (κ1) is 26.0. The molecule has 0 saturated heterocycles. The molecule has 0 aliphatic rings. The van der Waals surface area contributed by atoms with Gasteiger partial charge in [0.2, 0.25) is 17.8 Å². The Labute approximate surface area is 208 Å². The van der Waals surface area contributed by atoms with Crippen molar-refractivity contribution >= 4 is 46.8 Å². The summed E-state index contributed by atoms with van der Waals surface area (Å²) in [6.45, 7) is 2.12. The minimum Gasteiger partial charge on any atom is -0.479 e. The van der Waals surface area contributed by atoms with Crippen molar-refractivity contribution in [3.8, 4) is 5.88 Å². The molecule has 1 amide bonds. The van der Waals surface area contributed by atoms with Crippen LogP contribution in [0.1, 0.15) is 29.0 Å². The lowest BCUT2D eigenvalue weighted by Gasteiger charge is -2.15. The molecule has 0 spiro atoms. The van der Waals surface area contributed by atoms with Crippen molar-refractivity contribution in [2.24, 2.45) is 5.16 Å². The van der Waals surface area contributed by atoms with Gasteiger partial charge in [-0.25, -0.2) is 9.97 Å². The second kappa shape index (κ2) is 12.2. The Morgan fingerprint density at radius 2 is 1.91 bits per heavy atom. The third-order valence-electron chi connectivity index (χ3n) is 4.30. The number of carbonyl (C=O) groups is 1. The van der Waals surface area contributed by atoms with Gasteiger partial charge in [0.1, 0.15) is 12.4 Å². The second-order valence-electron chi connectivity index (χ2n) is 6.75. The fourth-order valence-electron chi connectivity index (χ4n) is 2.82. The lowest BCUT2D eigenvalue weighted by atomic mass is 10.1. The Hall–Kier alpha value is -3.64. The highest BCUT2D eigenvalue weighted by atomic mass is 35.5. The molecule has 3 aromatic rings. The largest absolute Gasteiger partial charge is 0.479 e. The number of carbonyl (C=O) groups excluding carboxylic acids is 1. The average Bonchev–Trinajstić information content (AvgIpc) is 2.81. The Morgan fingerprint density at radius 1 is 1.17 bits per heavy atom. The molecule has 3 aromatic heterocycles. The van der Waals surface area contributed by atoms with E-state index < -0.39 is 23.7 Å². The minimum atomic E-state index is -1.03. The lowest BCUT2D eigenvalue weighted by Crippen LogP contribution is -2.31. The Balaban J connectivity index is 1.81. The van der Waals surface area contributed by atoms with Crippen LogP contribution in [0.25, 0.3) is 0 Å². The molecule has 0 fully saturated rings. The smallest absolute Gasteiger partial charge is 0.275 e. The number of halogens is 4. The van der Waals surface area contributed by atoms with Crippen molar-refractivity contribution in [1.82, 2.24) is 25.3 Å². The number of amides is 1. The Kier molecular flexibility index (Phi) is 9.04. The van der Waals surface area contributed by atoms with Gasteiger partial charge in [0, 0.05) is 30.6 Å². The van der Waals surface area contributed by atoms with E-state index in [-0.39, 0.29) is 34.6 Å². The first-order valence-electron chi connectivity index (χ1n) is 10.1. The highest BCUT2D eigenvalue weighted by molar-refractivity contribution is 6.34. The topological polar surface area (TPSA) is 124 Å². The molecule has 35 heavy (non-hydrogen) atoms. The predicted octanol–water partition coefficient (Wildman–Crippen LogP) is 4.14. The lowest BCUT2D eigenvalue weighted by molar-refractivity contribution is 0.0943. The molecule has 3 rings (SSSR count). The van der Waals surface area contributed by atoms with E-state index in [2.05, 4.69) is 35.7 Å². The standard InChI is InChI=1S/C21H19Cl2F2N7O3/c1-3-35-29-8-11(18-14(23)4-12(22)9-26-18)7-27-20(33)19-21(34-2)28-10-17(32-19)30-13-5-15(24)31-16(25)6-13/h4-6,8-11H,3,7H2,1-2H3,(H,27,33)(H,30,31,32)/b29-8+. The molecular weight excluding hydrogens is 507 g/mol. The zero-order valence-electron chi connectivity index (χ0n) is 18.4. The van der Waals surface area contributed by atoms with Crippen LogP contribution in [0.5, 0.6) is 5.88 Å². The number of hydrogen-bond donors (Lipinski definition) is 2. The molecular formula is C21H19Cl2F2N7O3. The first-order valence-corrected chi connectivity index (χ1v) is 10.8. The van der Waals surface area contributed by atoms with Gasteiger partial charge in [0.25, 0.3) is 5.91 Å². The zero-order valence-corrected chi connectivity index (χ0v) is 19.9. The van der Waals surface area contributed by atoms with Crippen LogP contribution in [0.2, 0.25) is 10.0 Å². The molecule has 0 aromatic carbocycles. The number of nitrogens with zero attached hydrogens (tertiary/aromatic N) is 5. The molecule has 184 valence electrons.